The second-order valence-corrected chi connectivity index (χ2v) is 7.98. The summed E-state index contributed by atoms with van der Waals surface area (Å²) < 4.78 is 21.5. The van der Waals surface area contributed by atoms with Crippen molar-refractivity contribution in [2.45, 2.75) is 50.8 Å². The maximum atomic E-state index is 16.1. The van der Waals surface area contributed by atoms with Crippen LogP contribution in [0.25, 0.3) is 0 Å². The molecule has 2 aromatic rings. The van der Waals surface area contributed by atoms with Crippen molar-refractivity contribution in [1.29, 1.82) is 0 Å². The van der Waals surface area contributed by atoms with Crippen LogP contribution in [0.5, 0.6) is 0 Å². The number of nitrogens with zero attached hydrogens (tertiary/aromatic N) is 5. The van der Waals surface area contributed by atoms with E-state index in [1.165, 1.54) is 4.80 Å². The molecule has 7 nitrogen and oxygen atoms in total. The maximum absolute atomic E-state index is 16.1. The first kappa shape index (κ1) is 19.3. The van der Waals surface area contributed by atoms with Gasteiger partial charge in [0.25, 0.3) is 0 Å². The summed E-state index contributed by atoms with van der Waals surface area (Å²) >= 11 is 0. The second-order valence-electron chi connectivity index (χ2n) is 7.98. The maximum Gasteiger partial charge on any atom is 0.410 e. The Hall–Kier alpha value is -2.51. The fourth-order valence-corrected chi connectivity index (χ4v) is 3.42. The van der Waals surface area contributed by atoms with Gasteiger partial charge in [0.15, 0.2) is 5.82 Å². The number of halogens is 1. The third kappa shape index (κ3) is 4.43. The minimum atomic E-state index is -1.57. The summed E-state index contributed by atoms with van der Waals surface area (Å²) in [5.74, 6) is -0.273. The Labute approximate surface area is 158 Å². The zero-order chi connectivity index (χ0) is 19.7. The molecule has 1 aromatic heterocycles. The average molecular weight is 375 g/mol. The van der Waals surface area contributed by atoms with Crippen LogP contribution in [0.2, 0.25) is 0 Å². The first-order valence-corrected chi connectivity index (χ1v) is 9.14. The molecule has 0 aliphatic carbocycles. The molecule has 0 saturated carbocycles. The summed E-state index contributed by atoms with van der Waals surface area (Å²) in [5, 5.41) is 12.2. The van der Waals surface area contributed by atoms with Crippen LogP contribution in [0.15, 0.2) is 30.3 Å². The first-order chi connectivity index (χ1) is 12.7. The van der Waals surface area contributed by atoms with E-state index in [9.17, 15) is 4.79 Å². The molecule has 1 saturated heterocycles. The lowest BCUT2D eigenvalue weighted by Gasteiger charge is -2.40. The lowest BCUT2D eigenvalue weighted by atomic mass is 9.77. The van der Waals surface area contributed by atoms with E-state index in [0.29, 0.717) is 5.82 Å². The monoisotopic (exact) mass is 375 g/mol. The van der Waals surface area contributed by atoms with Crippen LogP contribution in [-0.4, -0.2) is 55.6 Å². The van der Waals surface area contributed by atoms with Crippen LogP contribution in [0.4, 0.5) is 9.18 Å². The van der Waals surface area contributed by atoms with Crippen molar-refractivity contribution in [2.24, 2.45) is 7.05 Å². The molecule has 0 spiro atoms. The van der Waals surface area contributed by atoms with Crippen LogP contribution in [-0.2, 0) is 11.8 Å². The third-order valence-corrected chi connectivity index (χ3v) is 4.68. The van der Waals surface area contributed by atoms with Gasteiger partial charge < -0.3 is 9.64 Å². The highest BCUT2D eigenvalue weighted by Gasteiger charge is 2.46. The fraction of sp³-hybridized carbons (Fsp3) is 0.579. The van der Waals surface area contributed by atoms with E-state index in [4.69, 9.17) is 4.74 Å². The molecule has 1 aromatic carbocycles. The molecule has 3 rings (SSSR count). The molecule has 0 N–H and O–H groups in total. The molecule has 0 bridgehead atoms. The number of alkyl halides is 1. The van der Waals surface area contributed by atoms with Gasteiger partial charge in [-0.15, -0.1) is 10.2 Å². The normalized spacial score (nSPS) is 18.2. The van der Waals surface area contributed by atoms with Crippen molar-refractivity contribution < 1.29 is 13.9 Å². The highest BCUT2D eigenvalue weighted by molar-refractivity contribution is 5.68. The predicted octanol–water partition coefficient (Wildman–Crippen LogP) is 3.08. The lowest BCUT2D eigenvalue weighted by Crippen LogP contribution is -2.49. The number of benzene rings is 1. The van der Waals surface area contributed by atoms with Gasteiger partial charge in [0.1, 0.15) is 11.3 Å². The summed E-state index contributed by atoms with van der Waals surface area (Å²) in [5.41, 5.74) is -1.33. The van der Waals surface area contributed by atoms with E-state index < -0.39 is 23.3 Å². The number of carbonyl (C=O) groups is 1. The minimum absolute atomic E-state index is 0.185. The first-order valence-electron chi connectivity index (χ1n) is 9.14. The van der Waals surface area contributed by atoms with Crippen molar-refractivity contribution in [1.82, 2.24) is 25.1 Å². The van der Waals surface area contributed by atoms with Gasteiger partial charge in [-0.1, -0.05) is 30.3 Å². The van der Waals surface area contributed by atoms with Gasteiger partial charge in [-0.3, -0.25) is 0 Å². The van der Waals surface area contributed by atoms with Crippen LogP contribution in [0, 0.1) is 0 Å². The summed E-state index contributed by atoms with van der Waals surface area (Å²) in [4.78, 5) is 15.2. The number of amides is 1. The quantitative estimate of drug-likeness (QED) is 0.824. The fourth-order valence-electron chi connectivity index (χ4n) is 3.42. The Morgan fingerprint density at radius 2 is 1.85 bits per heavy atom. The van der Waals surface area contributed by atoms with E-state index in [2.05, 4.69) is 15.4 Å². The molecule has 1 aliphatic rings. The summed E-state index contributed by atoms with van der Waals surface area (Å²) in [6, 6.07) is 9.39. The van der Waals surface area contributed by atoms with Crippen molar-refractivity contribution in [3.8, 4) is 0 Å². The lowest BCUT2D eigenvalue weighted by molar-refractivity contribution is -0.000989. The van der Waals surface area contributed by atoms with E-state index in [-0.39, 0.29) is 25.9 Å². The minimum Gasteiger partial charge on any atom is -0.444 e. The van der Waals surface area contributed by atoms with Crippen molar-refractivity contribution in [3.05, 3.63) is 41.7 Å². The number of hydrogen-bond donors (Lipinski definition) is 0. The highest BCUT2D eigenvalue weighted by Crippen LogP contribution is 2.43. The Bertz CT molecular complexity index is 779. The molecule has 146 valence electrons. The number of aryl methyl sites for hydroxylation is 1. The van der Waals surface area contributed by atoms with E-state index in [1.54, 1.807) is 11.9 Å². The molecule has 0 radical (unpaired) electrons. The SMILES string of the molecule is Cn1nnc(C(c2ccccc2)C2(F)CCN(C(=O)OC(C)(C)C)CC2)n1. The van der Waals surface area contributed by atoms with Gasteiger partial charge in [0, 0.05) is 25.9 Å². The molecule has 8 heteroatoms. The van der Waals surface area contributed by atoms with Gasteiger partial charge in [-0.2, -0.15) is 4.80 Å². The molecule has 1 atom stereocenters. The predicted molar refractivity (Wildman–Crippen MR) is 98.0 cm³/mol. The summed E-state index contributed by atoms with van der Waals surface area (Å²) in [6.07, 6.45) is -0.0351. The number of ether oxygens (including phenoxy) is 1. The van der Waals surface area contributed by atoms with Gasteiger partial charge in [-0.25, -0.2) is 9.18 Å². The Morgan fingerprint density at radius 3 is 2.37 bits per heavy atom. The second kappa shape index (κ2) is 7.25. The highest BCUT2D eigenvalue weighted by atomic mass is 19.1. The molecule has 1 unspecified atom stereocenters. The molecular weight excluding hydrogens is 349 g/mol. The van der Waals surface area contributed by atoms with Crippen LogP contribution < -0.4 is 0 Å². The number of hydrogen-bond acceptors (Lipinski definition) is 5. The van der Waals surface area contributed by atoms with Gasteiger partial charge in [0.2, 0.25) is 0 Å². The van der Waals surface area contributed by atoms with Crippen molar-refractivity contribution >= 4 is 6.09 Å². The van der Waals surface area contributed by atoms with Crippen LogP contribution >= 0.6 is 0 Å². The zero-order valence-corrected chi connectivity index (χ0v) is 16.2. The number of likely N-dealkylation sites (tertiary alicyclic amines) is 1. The number of carbonyl (C=O) groups excluding carboxylic acids is 1. The molecule has 2 heterocycles. The number of piperidine rings is 1. The molecular formula is C19H26FN5O2. The van der Waals surface area contributed by atoms with Gasteiger partial charge in [-0.05, 0) is 31.5 Å². The summed E-state index contributed by atoms with van der Waals surface area (Å²) in [7, 11) is 1.66. The molecule has 1 fully saturated rings. The topological polar surface area (TPSA) is 73.1 Å². The van der Waals surface area contributed by atoms with Crippen LogP contribution in [0.1, 0.15) is 50.9 Å². The molecule has 1 aliphatic heterocycles. The van der Waals surface area contributed by atoms with E-state index in [0.717, 1.165) is 5.56 Å². The Balaban J connectivity index is 1.81. The van der Waals surface area contributed by atoms with E-state index >= 15 is 4.39 Å². The average Bonchev–Trinajstić information content (AvgIpc) is 3.00. The van der Waals surface area contributed by atoms with E-state index in [1.807, 2.05) is 51.1 Å². The van der Waals surface area contributed by atoms with Gasteiger partial charge in [0.05, 0.1) is 13.0 Å². The Kier molecular flexibility index (Phi) is 5.17. The Morgan fingerprint density at radius 1 is 1.22 bits per heavy atom. The van der Waals surface area contributed by atoms with Crippen LogP contribution in [0.3, 0.4) is 0 Å². The zero-order valence-electron chi connectivity index (χ0n) is 16.2. The molecule has 1 amide bonds. The standard InChI is InChI=1S/C19H26FN5O2/c1-18(2,3)27-17(26)25-12-10-19(20,11-13-25)15(14-8-6-5-7-9-14)16-21-23-24(4)22-16/h5-9,15H,10-13H2,1-4H3. The largest absolute Gasteiger partial charge is 0.444 e. The number of tetrazole rings is 1. The van der Waals surface area contributed by atoms with Gasteiger partial charge >= 0.3 is 6.09 Å². The number of rotatable bonds is 3. The smallest absolute Gasteiger partial charge is 0.410 e. The third-order valence-electron chi connectivity index (χ3n) is 4.68. The summed E-state index contributed by atoms with van der Waals surface area (Å²) in [6.45, 7) is 6.03. The molecule has 27 heavy (non-hydrogen) atoms. The van der Waals surface area contributed by atoms with Crippen molar-refractivity contribution in [2.75, 3.05) is 13.1 Å². The van der Waals surface area contributed by atoms with Crippen molar-refractivity contribution in [3.63, 3.8) is 0 Å². The number of aromatic nitrogens is 4.